The molecule has 0 radical (unpaired) electrons. The molecule has 0 fully saturated rings. The van der Waals surface area contributed by atoms with Crippen LogP contribution in [0.5, 0.6) is 0 Å². The van der Waals surface area contributed by atoms with Gasteiger partial charge >= 0.3 is 5.97 Å². The van der Waals surface area contributed by atoms with Gasteiger partial charge in [0.25, 0.3) is 0 Å². The predicted octanol–water partition coefficient (Wildman–Crippen LogP) is 3.68. The maximum absolute atomic E-state index is 11.5. The van der Waals surface area contributed by atoms with Gasteiger partial charge in [-0.2, -0.15) is 0 Å². The van der Waals surface area contributed by atoms with Crippen LogP contribution in [0.4, 0.5) is 0 Å². The topological polar surface area (TPSA) is 26.3 Å². The van der Waals surface area contributed by atoms with Crippen molar-refractivity contribution in [3.8, 4) is 0 Å². The lowest BCUT2D eigenvalue weighted by atomic mass is 10.1. The molecule has 1 aromatic rings. The van der Waals surface area contributed by atoms with E-state index in [1.165, 1.54) is 0 Å². The highest BCUT2D eigenvalue weighted by atomic mass is 16.5. The van der Waals surface area contributed by atoms with Crippen molar-refractivity contribution in [2.75, 3.05) is 0 Å². The Bertz CT molecular complexity index is 391. The first-order valence-electron chi connectivity index (χ1n) is 5.94. The van der Waals surface area contributed by atoms with E-state index in [1.807, 2.05) is 64.1 Å². The Balaban J connectivity index is 2.67. The molecule has 0 N–H and O–H groups in total. The number of esters is 1. The zero-order chi connectivity index (χ0) is 12.8. The third-order valence-corrected chi connectivity index (χ3v) is 2.60. The third-order valence-electron chi connectivity index (χ3n) is 2.60. The third kappa shape index (κ3) is 4.43. The maximum atomic E-state index is 11.5. The van der Waals surface area contributed by atoms with Crippen molar-refractivity contribution in [2.24, 2.45) is 5.92 Å². The number of rotatable bonds is 4. The quantitative estimate of drug-likeness (QED) is 0.740. The van der Waals surface area contributed by atoms with E-state index >= 15 is 0 Å². The van der Waals surface area contributed by atoms with E-state index in [2.05, 4.69) is 0 Å². The summed E-state index contributed by atoms with van der Waals surface area (Å²) in [6.45, 7) is 7.55. The van der Waals surface area contributed by atoms with Gasteiger partial charge in [0, 0.05) is 0 Å². The Morgan fingerprint density at radius 1 is 1.18 bits per heavy atom. The number of ether oxygens (including phenoxy) is 1. The van der Waals surface area contributed by atoms with Gasteiger partial charge in [-0.1, -0.05) is 50.3 Å². The first-order chi connectivity index (χ1) is 8.00. The van der Waals surface area contributed by atoms with E-state index in [9.17, 15) is 4.79 Å². The van der Waals surface area contributed by atoms with Gasteiger partial charge < -0.3 is 4.74 Å². The summed E-state index contributed by atoms with van der Waals surface area (Å²) in [5, 5.41) is 0. The van der Waals surface area contributed by atoms with Gasteiger partial charge in [-0.3, -0.25) is 4.79 Å². The number of hydrogen-bond acceptors (Lipinski definition) is 2. The monoisotopic (exact) mass is 232 g/mol. The second kappa shape index (κ2) is 6.24. The van der Waals surface area contributed by atoms with Gasteiger partial charge in [-0.25, -0.2) is 0 Å². The molecular weight excluding hydrogens is 212 g/mol. The smallest absolute Gasteiger partial charge is 0.308 e. The minimum Gasteiger partial charge on any atom is -0.458 e. The highest BCUT2D eigenvalue weighted by molar-refractivity contribution is 5.72. The average Bonchev–Trinajstić information content (AvgIpc) is 2.29. The lowest BCUT2D eigenvalue weighted by Crippen LogP contribution is -2.19. The standard InChI is InChI=1S/C15H20O2/c1-11(2)15(16)17-13(4)12(3)10-14-8-6-5-7-9-14/h5-11,13H,1-4H3/b12-10+/t13-/m1/s1. The molecule has 1 aromatic carbocycles. The molecule has 0 aliphatic heterocycles. The minimum absolute atomic E-state index is 0.0815. The van der Waals surface area contributed by atoms with Crippen molar-refractivity contribution in [1.29, 1.82) is 0 Å². The van der Waals surface area contributed by atoms with E-state index in [4.69, 9.17) is 4.74 Å². The molecule has 0 aromatic heterocycles. The number of carbonyl (C=O) groups is 1. The summed E-state index contributed by atoms with van der Waals surface area (Å²) in [4.78, 5) is 11.5. The maximum Gasteiger partial charge on any atom is 0.308 e. The minimum atomic E-state index is -0.176. The van der Waals surface area contributed by atoms with Crippen molar-refractivity contribution in [3.05, 3.63) is 41.5 Å². The molecule has 17 heavy (non-hydrogen) atoms. The number of hydrogen-bond donors (Lipinski definition) is 0. The van der Waals surface area contributed by atoms with E-state index in [-0.39, 0.29) is 18.0 Å². The average molecular weight is 232 g/mol. The van der Waals surface area contributed by atoms with E-state index in [1.54, 1.807) is 0 Å². The first kappa shape index (κ1) is 13.5. The Kier molecular flexibility index (Phi) is 4.95. The summed E-state index contributed by atoms with van der Waals surface area (Å²) >= 11 is 0. The molecule has 0 aliphatic rings. The van der Waals surface area contributed by atoms with Crippen LogP contribution in [0.2, 0.25) is 0 Å². The molecule has 0 amide bonds. The van der Waals surface area contributed by atoms with Crippen LogP contribution in [0.3, 0.4) is 0 Å². The summed E-state index contributed by atoms with van der Waals surface area (Å²) in [6.07, 6.45) is 1.86. The summed E-state index contributed by atoms with van der Waals surface area (Å²) in [5.74, 6) is -0.236. The Labute approximate surface area is 103 Å². The van der Waals surface area contributed by atoms with Crippen molar-refractivity contribution in [2.45, 2.75) is 33.8 Å². The summed E-state index contributed by atoms with van der Waals surface area (Å²) in [5.41, 5.74) is 2.17. The molecule has 1 atom stereocenters. The molecular formula is C15H20O2. The fourth-order valence-corrected chi connectivity index (χ4v) is 1.33. The van der Waals surface area contributed by atoms with Crippen LogP contribution in [0, 0.1) is 5.92 Å². The molecule has 0 bridgehead atoms. The van der Waals surface area contributed by atoms with Crippen molar-refractivity contribution in [3.63, 3.8) is 0 Å². The van der Waals surface area contributed by atoms with Crippen molar-refractivity contribution >= 4 is 12.0 Å². The second-order valence-corrected chi connectivity index (χ2v) is 4.53. The van der Waals surface area contributed by atoms with E-state index < -0.39 is 0 Å². The lowest BCUT2D eigenvalue weighted by Gasteiger charge is -2.15. The Morgan fingerprint density at radius 2 is 1.76 bits per heavy atom. The molecule has 0 spiro atoms. The normalized spacial score (nSPS) is 13.6. The lowest BCUT2D eigenvalue weighted by molar-refractivity contribution is -0.150. The van der Waals surface area contributed by atoms with Crippen molar-refractivity contribution in [1.82, 2.24) is 0 Å². The van der Waals surface area contributed by atoms with E-state index in [0.717, 1.165) is 11.1 Å². The van der Waals surface area contributed by atoms with Crippen LogP contribution in [0.15, 0.2) is 35.9 Å². The van der Waals surface area contributed by atoms with Crippen LogP contribution in [-0.4, -0.2) is 12.1 Å². The van der Waals surface area contributed by atoms with E-state index in [0.29, 0.717) is 0 Å². The van der Waals surface area contributed by atoms with Gasteiger partial charge in [0.15, 0.2) is 0 Å². The Morgan fingerprint density at radius 3 is 2.29 bits per heavy atom. The fourth-order valence-electron chi connectivity index (χ4n) is 1.33. The van der Waals surface area contributed by atoms with Crippen LogP contribution in [0.1, 0.15) is 33.3 Å². The predicted molar refractivity (Wildman–Crippen MR) is 70.5 cm³/mol. The van der Waals surface area contributed by atoms with Gasteiger partial charge in [0.1, 0.15) is 6.10 Å². The molecule has 92 valence electrons. The van der Waals surface area contributed by atoms with Gasteiger partial charge in [-0.15, -0.1) is 0 Å². The highest BCUT2D eigenvalue weighted by Crippen LogP contribution is 2.13. The van der Waals surface area contributed by atoms with Gasteiger partial charge in [0.2, 0.25) is 0 Å². The SMILES string of the molecule is C/C(=C\c1ccccc1)[C@@H](C)OC(=O)C(C)C. The molecule has 0 saturated heterocycles. The number of benzene rings is 1. The molecule has 2 heteroatoms. The zero-order valence-electron chi connectivity index (χ0n) is 10.9. The Hall–Kier alpha value is -1.57. The van der Waals surface area contributed by atoms with Gasteiger partial charge in [0.05, 0.1) is 5.92 Å². The highest BCUT2D eigenvalue weighted by Gasteiger charge is 2.13. The zero-order valence-corrected chi connectivity index (χ0v) is 10.9. The number of carbonyl (C=O) groups excluding carboxylic acids is 1. The van der Waals surface area contributed by atoms with Crippen LogP contribution in [-0.2, 0) is 9.53 Å². The van der Waals surface area contributed by atoms with Crippen molar-refractivity contribution < 1.29 is 9.53 Å². The molecule has 2 nitrogen and oxygen atoms in total. The second-order valence-electron chi connectivity index (χ2n) is 4.53. The molecule has 0 aliphatic carbocycles. The molecule has 1 rings (SSSR count). The fraction of sp³-hybridized carbons (Fsp3) is 0.400. The van der Waals surface area contributed by atoms with Crippen LogP contribution in [0.25, 0.3) is 6.08 Å². The molecule has 0 heterocycles. The molecule has 0 saturated carbocycles. The van der Waals surface area contributed by atoms with Crippen LogP contribution < -0.4 is 0 Å². The summed E-state index contributed by atoms with van der Waals surface area (Å²) in [7, 11) is 0. The summed E-state index contributed by atoms with van der Waals surface area (Å²) in [6, 6.07) is 10.0. The largest absolute Gasteiger partial charge is 0.458 e. The summed E-state index contributed by atoms with van der Waals surface area (Å²) < 4.78 is 5.34. The molecule has 0 unspecified atom stereocenters. The van der Waals surface area contributed by atoms with Gasteiger partial charge in [-0.05, 0) is 25.0 Å². The first-order valence-corrected chi connectivity index (χ1v) is 5.94. The van der Waals surface area contributed by atoms with Crippen LogP contribution >= 0.6 is 0 Å².